The zero-order valence-corrected chi connectivity index (χ0v) is 11.0. The van der Waals surface area contributed by atoms with Gasteiger partial charge in [-0.05, 0) is 29.1 Å². The molecule has 0 atom stereocenters. The number of benzene rings is 1. The highest BCUT2D eigenvalue weighted by atomic mass is 32.1. The predicted molar refractivity (Wildman–Crippen MR) is 77.2 cm³/mol. The molecular weight excluding hydrogens is 256 g/mol. The number of amides is 1. The Balaban J connectivity index is 1.73. The van der Waals surface area contributed by atoms with Crippen molar-refractivity contribution in [2.24, 2.45) is 0 Å². The van der Waals surface area contributed by atoms with Gasteiger partial charge in [-0.1, -0.05) is 24.3 Å². The second-order valence-electron chi connectivity index (χ2n) is 4.19. The monoisotopic (exact) mass is 268 g/mol. The fourth-order valence-corrected chi connectivity index (χ4v) is 2.85. The van der Waals surface area contributed by atoms with Crippen molar-refractivity contribution in [3.05, 3.63) is 65.3 Å². The van der Waals surface area contributed by atoms with Crippen LogP contribution in [0.2, 0.25) is 0 Å². The van der Waals surface area contributed by atoms with Gasteiger partial charge >= 0.3 is 0 Å². The Hall–Kier alpha value is -2.20. The highest BCUT2D eigenvalue weighted by molar-refractivity contribution is 7.20. The Labute approximate surface area is 114 Å². The minimum absolute atomic E-state index is 0.0370. The molecule has 3 rings (SSSR count). The van der Waals surface area contributed by atoms with Crippen LogP contribution in [0.1, 0.15) is 15.2 Å². The average Bonchev–Trinajstić information content (AvgIpc) is 2.90. The maximum absolute atomic E-state index is 12.1. The molecule has 0 aliphatic heterocycles. The number of rotatable bonds is 3. The van der Waals surface area contributed by atoms with E-state index in [0.717, 1.165) is 20.5 Å². The molecule has 0 bridgehead atoms. The van der Waals surface area contributed by atoms with E-state index >= 15 is 0 Å². The van der Waals surface area contributed by atoms with E-state index in [0.29, 0.717) is 6.54 Å². The van der Waals surface area contributed by atoms with E-state index < -0.39 is 0 Å². The standard InChI is InChI=1S/C15H12N2OS/c18-15(17-10-11-4-3-7-16-9-11)14-8-12-5-1-2-6-13(12)19-14/h1-9H,10H2,(H,17,18). The molecule has 0 aliphatic carbocycles. The molecule has 0 saturated heterocycles. The fraction of sp³-hybridized carbons (Fsp3) is 0.0667. The van der Waals surface area contributed by atoms with Crippen LogP contribution in [0.4, 0.5) is 0 Å². The Morgan fingerprint density at radius 3 is 2.89 bits per heavy atom. The SMILES string of the molecule is O=C(NCc1cccnc1)c1cc2ccccc2s1. The second kappa shape index (κ2) is 5.20. The van der Waals surface area contributed by atoms with Gasteiger partial charge in [-0.2, -0.15) is 0 Å². The molecule has 2 heterocycles. The zero-order chi connectivity index (χ0) is 13.1. The molecule has 4 heteroatoms. The lowest BCUT2D eigenvalue weighted by atomic mass is 10.2. The molecule has 0 aliphatic rings. The van der Waals surface area contributed by atoms with Crippen molar-refractivity contribution in [2.75, 3.05) is 0 Å². The van der Waals surface area contributed by atoms with Gasteiger partial charge in [0.1, 0.15) is 0 Å². The largest absolute Gasteiger partial charge is 0.347 e. The summed E-state index contributed by atoms with van der Waals surface area (Å²) in [6.45, 7) is 0.501. The van der Waals surface area contributed by atoms with E-state index in [-0.39, 0.29) is 5.91 Å². The van der Waals surface area contributed by atoms with Gasteiger partial charge in [0.25, 0.3) is 5.91 Å². The number of carbonyl (C=O) groups excluding carboxylic acids is 1. The summed E-state index contributed by atoms with van der Waals surface area (Å²) in [4.78, 5) is 16.8. The first-order chi connectivity index (χ1) is 9.33. The molecule has 0 saturated carbocycles. The van der Waals surface area contributed by atoms with Crippen LogP contribution in [0.3, 0.4) is 0 Å². The van der Waals surface area contributed by atoms with E-state index in [1.54, 1.807) is 12.4 Å². The van der Waals surface area contributed by atoms with Gasteiger partial charge in [0.2, 0.25) is 0 Å². The molecule has 3 nitrogen and oxygen atoms in total. The van der Waals surface area contributed by atoms with Crippen LogP contribution in [0.15, 0.2) is 54.9 Å². The summed E-state index contributed by atoms with van der Waals surface area (Å²) in [7, 11) is 0. The molecule has 19 heavy (non-hydrogen) atoms. The van der Waals surface area contributed by atoms with Crippen LogP contribution >= 0.6 is 11.3 Å². The summed E-state index contributed by atoms with van der Waals surface area (Å²) in [5.41, 5.74) is 0.997. The summed E-state index contributed by atoms with van der Waals surface area (Å²) in [5, 5.41) is 4.02. The Morgan fingerprint density at radius 1 is 1.21 bits per heavy atom. The van der Waals surface area contributed by atoms with E-state index in [1.807, 2.05) is 42.5 Å². The van der Waals surface area contributed by atoms with Crippen LogP contribution in [0.5, 0.6) is 0 Å². The fourth-order valence-electron chi connectivity index (χ4n) is 1.87. The Kier molecular flexibility index (Phi) is 3.25. The van der Waals surface area contributed by atoms with Gasteiger partial charge < -0.3 is 5.32 Å². The van der Waals surface area contributed by atoms with Crippen molar-refractivity contribution >= 4 is 27.3 Å². The van der Waals surface area contributed by atoms with Gasteiger partial charge in [0.05, 0.1) is 4.88 Å². The summed E-state index contributed by atoms with van der Waals surface area (Å²) < 4.78 is 1.13. The van der Waals surface area contributed by atoms with Gasteiger partial charge in [-0.15, -0.1) is 11.3 Å². The first-order valence-corrected chi connectivity index (χ1v) is 6.80. The molecule has 0 spiro atoms. The summed E-state index contributed by atoms with van der Waals surface area (Å²) in [5.74, 6) is -0.0370. The number of thiophene rings is 1. The number of nitrogens with zero attached hydrogens (tertiary/aromatic N) is 1. The van der Waals surface area contributed by atoms with E-state index in [9.17, 15) is 4.79 Å². The van der Waals surface area contributed by atoms with Crippen LogP contribution < -0.4 is 5.32 Å². The molecule has 3 aromatic rings. The minimum atomic E-state index is -0.0370. The van der Waals surface area contributed by atoms with E-state index in [2.05, 4.69) is 10.3 Å². The Bertz CT molecular complexity index is 673. The molecule has 0 radical (unpaired) electrons. The second-order valence-corrected chi connectivity index (χ2v) is 5.28. The molecule has 0 unspecified atom stereocenters. The van der Waals surface area contributed by atoms with Crippen LogP contribution in [0.25, 0.3) is 10.1 Å². The van der Waals surface area contributed by atoms with Crippen LogP contribution in [0, 0.1) is 0 Å². The predicted octanol–water partition coefficient (Wildman–Crippen LogP) is 3.23. The van der Waals surface area contributed by atoms with Crippen molar-refractivity contribution in [3.8, 4) is 0 Å². The van der Waals surface area contributed by atoms with Gasteiger partial charge in [-0.25, -0.2) is 0 Å². The van der Waals surface area contributed by atoms with Crippen LogP contribution in [-0.4, -0.2) is 10.9 Å². The molecular formula is C15H12N2OS. The Morgan fingerprint density at radius 2 is 2.11 bits per heavy atom. The number of fused-ring (bicyclic) bond motifs is 1. The molecule has 94 valence electrons. The summed E-state index contributed by atoms with van der Waals surface area (Å²) >= 11 is 1.51. The average molecular weight is 268 g/mol. The maximum atomic E-state index is 12.1. The van der Waals surface area contributed by atoms with Gasteiger partial charge in [-0.3, -0.25) is 9.78 Å². The summed E-state index contributed by atoms with van der Waals surface area (Å²) in [6, 6.07) is 13.7. The lowest BCUT2D eigenvalue weighted by Gasteiger charge is -2.02. The third-order valence-corrected chi connectivity index (χ3v) is 3.94. The van der Waals surface area contributed by atoms with Crippen molar-refractivity contribution < 1.29 is 4.79 Å². The normalized spacial score (nSPS) is 10.5. The molecule has 1 aromatic carbocycles. The quantitative estimate of drug-likeness (QED) is 0.792. The number of aromatic nitrogens is 1. The smallest absolute Gasteiger partial charge is 0.261 e. The number of hydrogen-bond acceptors (Lipinski definition) is 3. The van der Waals surface area contributed by atoms with E-state index in [1.165, 1.54) is 11.3 Å². The lowest BCUT2D eigenvalue weighted by Crippen LogP contribution is -2.21. The van der Waals surface area contributed by atoms with Crippen molar-refractivity contribution in [1.29, 1.82) is 0 Å². The third-order valence-electron chi connectivity index (χ3n) is 2.83. The maximum Gasteiger partial charge on any atom is 0.261 e. The van der Waals surface area contributed by atoms with Gasteiger partial charge in [0, 0.05) is 23.6 Å². The first-order valence-electron chi connectivity index (χ1n) is 5.98. The first kappa shape index (κ1) is 11.9. The molecule has 0 fully saturated rings. The highest BCUT2D eigenvalue weighted by Crippen LogP contribution is 2.25. The number of nitrogens with one attached hydrogen (secondary N) is 1. The number of hydrogen-bond donors (Lipinski definition) is 1. The number of pyridine rings is 1. The van der Waals surface area contributed by atoms with Crippen molar-refractivity contribution in [2.45, 2.75) is 6.54 Å². The van der Waals surface area contributed by atoms with Gasteiger partial charge in [0.15, 0.2) is 0 Å². The lowest BCUT2D eigenvalue weighted by molar-refractivity contribution is 0.0955. The van der Waals surface area contributed by atoms with Crippen LogP contribution in [-0.2, 0) is 6.54 Å². The topological polar surface area (TPSA) is 42.0 Å². The van der Waals surface area contributed by atoms with Crippen molar-refractivity contribution in [1.82, 2.24) is 10.3 Å². The third kappa shape index (κ3) is 2.63. The molecule has 1 N–H and O–H groups in total. The molecule has 2 aromatic heterocycles. The summed E-state index contributed by atoms with van der Waals surface area (Å²) in [6.07, 6.45) is 3.47. The number of carbonyl (C=O) groups is 1. The zero-order valence-electron chi connectivity index (χ0n) is 10.2. The highest BCUT2D eigenvalue weighted by Gasteiger charge is 2.09. The molecule has 1 amide bonds. The van der Waals surface area contributed by atoms with Crippen molar-refractivity contribution in [3.63, 3.8) is 0 Å². The van der Waals surface area contributed by atoms with E-state index in [4.69, 9.17) is 0 Å². The minimum Gasteiger partial charge on any atom is -0.347 e.